The molecule has 0 aromatic carbocycles. The highest BCUT2D eigenvalue weighted by Gasteiger charge is 2.02. The quantitative estimate of drug-likeness (QED) is 0.499. The predicted molar refractivity (Wildman–Crippen MR) is 56.0 cm³/mol. The molecular weight excluding hydrogens is 236 g/mol. The van der Waals surface area contributed by atoms with Gasteiger partial charge in [0.2, 0.25) is 0 Å². The molecule has 5 heteroatoms. The highest BCUT2D eigenvalue weighted by molar-refractivity contribution is 7.82. The van der Waals surface area contributed by atoms with E-state index in [-0.39, 0.29) is 12.4 Å². The molecule has 2 aromatic rings. The van der Waals surface area contributed by atoms with Crippen LogP contribution >= 0.6 is 24.0 Å². The van der Waals surface area contributed by atoms with Crippen molar-refractivity contribution >= 4 is 24.0 Å². The molecule has 0 bridgehead atoms. The molecule has 74 valence electrons. The third-order valence-corrected chi connectivity index (χ3v) is 2.83. The van der Waals surface area contributed by atoms with Gasteiger partial charge in [-0.2, -0.15) is 0 Å². The first-order chi connectivity index (χ1) is 6.25. The fourth-order valence-electron chi connectivity index (χ4n) is 1.07. The van der Waals surface area contributed by atoms with Crippen LogP contribution in [-0.4, -0.2) is 4.98 Å². The van der Waals surface area contributed by atoms with Gasteiger partial charge in [-0.3, -0.25) is 0 Å². The molecule has 0 radical (unpaired) electrons. The van der Waals surface area contributed by atoms with Gasteiger partial charge in [-0.1, -0.05) is 0 Å². The standard InChI is InChI=1S/C9H8N2S2.ClH/c1-11-4-2-7(3-5-11)8-6-13-9(12)10-8;/h2-6H,1H3;1H. The third-order valence-electron chi connectivity index (χ3n) is 1.77. The second kappa shape index (κ2) is 4.77. The van der Waals surface area contributed by atoms with Crippen LogP contribution in [0.15, 0.2) is 34.2 Å². The van der Waals surface area contributed by atoms with Gasteiger partial charge in [0.05, 0.1) is 5.69 Å². The SMILES string of the molecule is C[n+]1ccc(-c2csc(S)n2)cc1.[Cl-]. The zero-order chi connectivity index (χ0) is 9.26. The molecule has 0 aliphatic heterocycles. The Morgan fingerprint density at radius 3 is 2.50 bits per heavy atom. The van der Waals surface area contributed by atoms with Crippen molar-refractivity contribution in [2.45, 2.75) is 4.34 Å². The number of hydrogen-bond acceptors (Lipinski definition) is 3. The maximum atomic E-state index is 4.28. The van der Waals surface area contributed by atoms with Gasteiger partial charge < -0.3 is 12.4 Å². The molecule has 0 saturated carbocycles. The number of halogens is 1. The number of thiazole rings is 1. The summed E-state index contributed by atoms with van der Waals surface area (Å²) < 4.78 is 2.81. The first-order valence-electron chi connectivity index (χ1n) is 3.86. The van der Waals surface area contributed by atoms with E-state index in [1.54, 1.807) is 11.3 Å². The number of pyridine rings is 1. The molecule has 2 heterocycles. The average Bonchev–Trinajstić information content (AvgIpc) is 2.53. The summed E-state index contributed by atoms with van der Waals surface area (Å²) in [5.41, 5.74) is 2.13. The van der Waals surface area contributed by atoms with Gasteiger partial charge in [-0.25, -0.2) is 9.55 Å². The lowest BCUT2D eigenvalue weighted by atomic mass is 10.2. The second-order valence-electron chi connectivity index (χ2n) is 2.77. The smallest absolute Gasteiger partial charge is 0.169 e. The number of hydrogen-bond donors (Lipinski definition) is 1. The van der Waals surface area contributed by atoms with Crippen LogP contribution in [0.1, 0.15) is 0 Å². The van der Waals surface area contributed by atoms with E-state index in [2.05, 4.69) is 17.6 Å². The number of aryl methyl sites for hydroxylation is 1. The zero-order valence-electron chi connectivity index (χ0n) is 7.51. The third kappa shape index (κ3) is 2.47. The Bertz CT molecular complexity index is 411. The Balaban J connectivity index is 0.000000980. The van der Waals surface area contributed by atoms with E-state index < -0.39 is 0 Å². The van der Waals surface area contributed by atoms with E-state index in [9.17, 15) is 0 Å². The maximum Gasteiger partial charge on any atom is 0.169 e. The molecule has 0 amide bonds. The minimum absolute atomic E-state index is 0. The van der Waals surface area contributed by atoms with Crippen LogP contribution < -0.4 is 17.0 Å². The van der Waals surface area contributed by atoms with E-state index in [1.807, 2.05) is 41.5 Å². The second-order valence-corrected chi connectivity index (χ2v) is 4.35. The number of rotatable bonds is 1. The summed E-state index contributed by atoms with van der Waals surface area (Å²) in [5, 5.41) is 2.01. The lowest BCUT2D eigenvalue weighted by molar-refractivity contribution is -0.671. The average molecular weight is 245 g/mol. The molecule has 2 rings (SSSR count). The summed E-state index contributed by atoms with van der Waals surface area (Å²) in [6, 6.07) is 4.09. The molecule has 2 nitrogen and oxygen atoms in total. The fourth-order valence-corrected chi connectivity index (χ4v) is 1.89. The predicted octanol–water partition coefficient (Wildman–Crippen LogP) is -1.07. The van der Waals surface area contributed by atoms with E-state index in [0.717, 1.165) is 15.6 Å². The van der Waals surface area contributed by atoms with Crippen molar-refractivity contribution in [1.82, 2.24) is 4.98 Å². The number of nitrogens with zero attached hydrogens (tertiary/aromatic N) is 2. The van der Waals surface area contributed by atoms with Gasteiger partial charge >= 0.3 is 0 Å². The van der Waals surface area contributed by atoms with Crippen LogP contribution in [0, 0.1) is 0 Å². The molecule has 0 aliphatic rings. The van der Waals surface area contributed by atoms with E-state index in [0.29, 0.717) is 0 Å². The van der Waals surface area contributed by atoms with Crippen LogP contribution in [-0.2, 0) is 7.05 Å². The minimum atomic E-state index is 0. The van der Waals surface area contributed by atoms with E-state index >= 15 is 0 Å². The van der Waals surface area contributed by atoms with Crippen molar-refractivity contribution in [3.8, 4) is 11.3 Å². The molecule has 2 aromatic heterocycles. The Morgan fingerprint density at radius 1 is 1.36 bits per heavy atom. The van der Waals surface area contributed by atoms with Crippen LogP contribution in [0.4, 0.5) is 0 Å². The Hall–Kier alpha value is -0.580. The van der Waals surface area contributed by atoms with Gasteiger partial charge in [0, 0.05) is 23.1 Å². The fraction of sp³-hybridized carbons (Fsp3) is 0.111. The van der Waals surface area contributed by atoms with Crippen molar-refractivity contribution in [1.29, 1.82) is 0 Å². The van der Waals surface area contributed by atoms with Gasteiger partial charge in [0.15, 0.2) is 12.4 Å². The highest BCUT2D eigenvalue weighted by atomic mass is 35.5. The minimum Gasteiger partial charge on any atom is -1.00 e. The van der Waals surface area contributed by atoms with Crippen molar-refractivity contribution < 1.29 is 17.0 Å². The first kappa shape index (κ1) is 11.5. The Labute approximate surface area is 98.5 Å². The molecule has 0 fully saturated rings. The van der Waals surface area contributed by atoms with Gasteiger partial charge in [-0.05, 0) is 0 Å². The lowest BCUT2D eigenvalue weighted by Gasteiger charge is -1.92. The summed E-state index contributed by atoms with van der Waals surface area (Å²) in [5.74, 6) is 0. The number of thiol groups is 1. The van der Waals surface area contributed by atoms with E-state index in [1.165, 1.54) is 0 Å². The summed E-state index contributed by atoms with van der Waals surface area (Å²) in [6.07, 6.45) is 4.01. The molecule has 14 heavy (non-hydrogen) atoms. The molecule has 0 atom stereocenters. The maximum absolute atomic E-state index is 4.28. The molecule has 0 aliphatic carbocycles. The topological polar surface area (TPSA) is 16.8 Å². The van der Waals surface area contributed by atoms with E-state index in [4.69, 9.17) is 0 Å². The Kier molecular flexibility index (Phi) is 3.92. The van der Waals surface area contributed by atoms with Crippen molar-refractivity contribution in [3.05, 3.63) is 29.9 Å². The van der Waals surface area contributed by atoms with Crippen LogP contribution in [0.2, 0.25) is 0 Å². The van der Waals surface area contributed by atoms with Gasteiger partial charge in [0.1, 0.15) is 11.4 Å². The van der Waals surface area contributed by atoms with Gasteiger partial charge in [-0.15, -0.1) is 24.0 Å². The molecule has 0 saturated heterocycles. The van der Waals surface area contributed by atoms with Crippen molar-refractivity contribution in [2.24, 2.45) is 7.05 Å². The number of aromatic nitrogens is 2. The summed E-state index contributed by atoms with van der Waals surface area (Å²) in [7, 11) is 1.99. The molecule has 0 N–H and O–H groups in total. The lowest BCUT2D eigenvalue weighted by Crippen LogP contribution is -3.00. The van der Waals surface area contributed by atoms with Crippen LogP contribution in [0.5, 0.6) is 0 Å². The van der Waals surface area contributed by atoms with Crippen molar-refractivity contribution in [2.75, 3.05) is 0 Å². The highest BCUT2D eigenvalue weighted by Crippen LogP contribution is 2.22. The summed E-state index contributed by atoms with van der Waals surface area (Å²) in [6.45, 7) is 0. The molecule has 0 spiro atoms. The van der Waals surface area contributed by atoms with Crippen LogP contribution in [0.25, 0.3) is 11.3 Å². The van der Waals surface area contributed by atoms with Crippen LogP contribution in [0.3, 0.4) is 0 Å². The van der Waals surface area contributed by atoms with Gasteiger partial charge in [0.25, 0.3) is 0 Å². The Morgan fingerprint density at radius 2 is 2.00 bits per heavy atom. The largest absolute Gasteiger partial charge is 1.00 e. The normalized spacial score (nSPS) is 9.57. The zero-order valence-corrected chi connectivity index (χ0v) is 9.98. The summed E-state index contributed by atoms with van der Waals surface area (Å²) in [4.78, 5) is 4.28. The monoisotopic (exact) mass is 244 g/mol. The molecular formula is C9H9ClN2S2. The summed E-state index contributed by atoms with van der Waals surface area (Å²) >= 11 is 5.73. The molecule has 0 unspecified atom stereocenters. The van der Waals surface area contributed by atoms with Crippen molar-refractivity contribution in [3.63, 3.8) is 0 Å². The first-order valence-corrected chi connectivity index (χ1v) is 5.18.